The van der Waals surface area contributed by atoms with E-state index >= 15 is 0 Å². The number of fused-ring (bicyclic) bond motifs is 15. The van der Waals surface area contributed by atoms with Gasteiger partial charge in [-0.05, 0) is 280 Å². The minimum atomic E-state index is -0.457. The van der Waals surface area contributed by atoms with Crippen molar-refractivity contribution < 1.29 is 4.42 Å². The number of furan rings is 1. The van der Waals surface area contributed by atoms with Crippen LogP contribution in [0.1, 0.15) is 94.5 Å². The van der Waals surface area contributed by atoms with Gasteiger partial charge >= 0.3 is 0 Å². The third-order valence-corrected chi connectivity index (χ3v) is 28.6. The van der Waals surface area contributed by atoms with E-state index in [1.165, 1.54) is 122 Å². The predicted octanol–water partition coefficient (Wildman–Crippen LogP) is 34.7. The molecule has 0 aliphatic heterocycles. The molecule has 4 aliphatic carbocycles. The molecule has 0 atom stereocenters. The summed E-state index contributed by atoms with van der Waals surface area (Å²) in [7, 11) is 0. The van der Waals surface area contributed by atoms with E-state index < -0.39 is 10.8 Å². The van der Waals surface area contributed by atoms with Gasteiger partial charge in [-0.2, -0.15) is 0 Å². The summed E-state index contributed by atoms with van der Waals surface area (Å²) in [6.07, 6.45) is 0. The third kappa shape index (κ3) is 13.7. The zero-order valence-electron chi connectivity index (χ0n) is 71.8. The first-order valence-corrected chi connectivity index (χ1v) is 46.5. The Morgan fingerprint density at radius 3 is 0.899 bits per heavy atom. The quantitative estimate of drug-likeness (QED) is 0.108. The van der Waals surface area contributed by atoms with Crippen LogP contribution in [0.25, 0.3) is 77.6 Å². The van der Waals surface area contributed by atoms with Gasteiger partial charge in [0.05, 0.1) is 10.8 Å². The van der Waals surface area contributed by atoms with Crippen LogP contribution in [0, 0.1) is 0 Å². The Labute approximate surface area is 779 Å². The molecule has 0 saturated heterocycles. The van der Waals surface area contributed by atoms with Gasteiger partial charge in [-0.25, -0.2) is 0 Å². The van der Waals surface area contributed by atoms with Gasteiger partial charge in [0.2, 0.25) is 0 Å². The molecule has 4 aliphatic rings. The van der Waals surface area contributed by atoms with E-state index in [-0.39, 0.29) is 10.8 Å². The van der Waals surface area contributed by atoms with Crippen molar-refractivity contribution in [1.29, 1.82) is 0 Å². The molecule has 0 unspecified atom stereocenters. The van der Waals surface area contributed by atoms with E-state index in [1.54, 1.807) is 0 Å². The van der Waals surface area contributed by atoms with Crippen LogP contribution in [-0.4, -0.2) is 0 Å². The SMILES string of the molecule is Brc1ccc2c(c1)C(c1ccccc1)(c1ccccc1)c1cc(N(c3ccccc3)c3ccccc3)ccc1-2.CC1(C)c2cc(Br)ccc2-c2ccc(N(c3cccc(-c4ccccc4)c3)c3ccc4oc5ccccc5c4c3)cc21.CC1(C)c2cc(Br)ccc2-c2ccc(N(c3ccccc3)c3ccc4c(c3)C(c3ccccc3)(c3ccccc3)c3ccccc3-4)cc21. The lowest BCUT2D eigenvalue weighted by Gasteiger charge is -2.35. The molecular weight excluding hydrogens is 1760 g/mol. The standard InChI is InChI=1S/C46H34BrN.C39H28BrNO.C37H26BrN/c1-45(2)42-28-33(47)22-25-38(42)39-26-23-35(29-43(39)45)48(34-18-10-5-11-19-34)36-24-27-40-37-20-12-13-21-41(37)46(44(40)30-36,31-14-6-3-7-15-31)32-16-8-4-9-17-32;1-39(2)35-22-27(40)15-18-31(35)32-19-16-30(24-36(32)39)41(28-12-8-11-26(21-28)25-9-4-3-5-10-25)29-17-20-38-34(23-29)33-13-6-7-14-37(33)42-38;38-29-21-23-33-34-24-22-32(39(30-17-9-3-10-18-30)31-19-11-4-12-20-31)26-36(34)37(35(33)25-29,27-13-5-1-6-14-27)28-15-7-2-8-16-28/h3-30H,1-2H3;3-24H,1-2H3;1-26H. The molecule has 19 aromatic carbocycles. The van der Waals surface area contributed by atoms with E-state index in [2.05, 4.69) is 539 Å². The topological polar surface area (TPSA) is 22.9 Å². The number of nitrogens with zero attached hydrogens (tertiary/aromatic N) is 3. The smallest absolute Gasteiger partial charge is 0.135 e. The number of benzene rings is 19. The average Bonchev–Trinajstić information content (AvgIpc) is 1.54. The molecule has 0 saturated carbocycles. The first kappa shape index (κ1) is 80.6. The molecule has 20 aromatic rings. The van der Waals surface area contributed by atoms with Crippen LogP contribution in [0.3, 0.4) is 0 Å². The Balaban J connectivity index is 0.000000114. The maximum Gasteiger partial charge on any atom is 0.135 e. The van der Waals surface area contributed by atoms with E-state index in [0.717, 1.165) is 86.5 Å². The van der Waals surface area contributed by atoms with Crippen LogP contribution < -0.4 is 14.7 Å². The Bertz CT molecular complexity index is 7530. The summed E-state index contributed by atoms with van der Waals surface area (Å²) in [5, 5.41) is 2.24. The lowest BCUT2D eigenvalue weighted by Crippen LogP contribution is -2.28. The van der Waals surface area contributed by atoms with Crippen LogP contribution >= 0.6 is 47.8 Å². The van der Waals surface area contributed by atoms with Gasteiger partial charge in [-0.3, -0.25) is 0 Å². The van der Waals surface area contributed by atoms with E-state index in [9.17, 15) is 0 Å². The second kappa shape index (κ2) is 32.9. The third-order valence-electron chi connectivity index (χ3n) is 27.1. The van der Waals surface area contributed by atoms with E-state index in [4.69, 9.17) is 4.42 Å². The lowest BCUT2D eigenvalue weighted by molar-refractivity contribution is 0.660. The first-order chi connectivity index (χ1) is 63.2. The Hall–Kier alpha value is -14.2. The molecule has 4 nitrogen and oxygen atoms in total. The summed E-state index contributed by atoms with van der Waals surface area (Å²) < 4.78 is 9.50. The highest BCUT2D eigenvalue weighted by molar-refractivity contribution is 9.11. The molecule has 7 heteroatoms. The summed E-state index contributed by atoms with van der Waals surface area (Å²) in [6.45, 7) is 9.36. The Morgan fingerprint density at radius 2 is 0.457 bits per heavy atom. The van der Waals surface area contributed by atoms with Crippen molar-refractivity contribution in [1.82, 2.24) is 0 Å². The minimum absolute atomic E-state index is 0.118. The number of halogens is 3. The number of hydrogen-bond acceptors (Lipinski definition) is 4. The minimum Gasteiger partial charge on any atom is -0.456 e. The molecule has 0 bridgehead atoms. The number of para-hydroxylation sites is 4. The number of hydrogen-bond donors (Lipinski definition) is 0. The van der Waals surface area contributed by atoms with Gasteiger partial charge in [0.25, 0.3) is 0 Å². The summed E-state index contributed by atoms with van der Waals surface area (Å²) in [5.74, 6) is 0. The van der Waals surface area contributed by atoms with Crippen molar-refractivity contribution in [3.63, 3.8) is 0 Å². The lowest BCUT2D eigenvalue weighted by atomic mass is 9.67. The first-order valence-electron chi connectivity index (χ1n) is 44.2. The highest BCUT2D eigenvalue weighted by atomic mass is 79.9. The second-order valence-corrected chi connectivity index (χ2v) is 37.7. The zero-order chi connectivity index (χ0) is 87.1. The van der Waals surface area contributed by atoms with Crippen molar-refractivity contribution in [3.8, 4) is 55.6 Å². The molecule has 0 N–H and O–H groups in total. The molecule has 618 valence electrons. The van der Waals surface area contributed by atoms with Crippen LogP contribution in [0.2, 0.25) is 0 Å². The fraction of sp³-hybridized carbons (Fsp3) is 0.0656. The maximum absolute atomic E-state index is 6.19. The predicted molar refractivity (Wildman–Crippen MR) is 549 cm³/mol. The monoisotopic (exact) mass is 1850 g/mol. The molecule has 24 rings (SSSR count). The molecule has 129 heavy (non-hydrogen) atoms. The normalized spacial score (nSPS) is 13.6. The Kier molecular flexibility index (Phi) is 20.6. The molecule has 0 spiro atoms. The van der Waals surface area contributed by atoms with Crippen molar-refractivity contribution >= 4 is 121 Å². The summed E-state index contributed by atoms with van der Waals surface area (Å²) in [4.78, 5) is 7.15. The van der Waals surface area contributed by atoms with E-state index in [1.807, 2.05) is 12.1 Å². The van der Waals surface area contributed by atoms with Crippen LogP contribution in [0.15, 0.2) is 479 Å². The maximum atomic E-state index is 6.19. The summed E-state index contributed by atoms with van der Waals surface area (Å²) in [6, 6.07) is 167. The highest BCUT2D eigenvalue weighted by Crippen LogP contribution is 2.61. The molecule has 0 amide bonds. The fourth-order valence-corrected chi connectivity index (χ4v) is 22.3. The Morgan fingerprint density at radius 1 is 0.186 bits per heavy atom. The summed E-state index contributed by atoms with van der Waals surface area (Å²) >= 11 is 11.2. The van der Waals surface area contributed by atoms with Gasteiger partial charge < -0.3 is 19.1 Å². The van der Waals surface area contributed by atoms with Crippen molar-refractivity contribution in [3.05, 3.63) is 541 Å². The van der Waals surface area contributed by atoms with Crippen molar-refractivity contribution in [2.45, 2.75) is 49.4 Å². The van der Waals surface area contributed by atoms with Gasteiger partial charge in [-0.15, -0.1) is 0 Å². The molecular formula is C122H88Br3N3O. The second-order valence-electron chi connectivity index (χ2n) is 35.0. The molecule has 1 aromatic heterocycles. The fourth-order valence-electron chi connectivity index (χ4n) is 21.2. The number of rotatable bonds is 14. The van der Waals surface area contributed by atoms with Crippen LogP contribution in [0.4, 0.5) is 51.2 Å². The van der Waals surface area contributed by atoms with Crippen molar-refractivity contribution in [2.24, 2.45) is 0 Å². The zero-order valence-corrected chi connectivity index (χ0v) is 76.5. The largest absolute Gasteiger partial charge is 0.456 e. The van der Waals surface area contributed by atoms with Crippen LogP contribution in [0.5, 0.6) is 0 Å². The van der Waals surface area contributed by atoms with E-state index in [0.29, 0.717) is 0 Å². The molecule has 1 heterocycles. The highest BCUT2D eigenvalue weighted by Gasteiger charge is 2.49. The van der Waals surface area contributed by atoms with Gasteiger partial charge in [0.15, 0.2) is 0 Å². The van der Waals surface area contributed by atoms with Crippen molar-refractivity contribution in [2.75, 3.05) is 14.7 Å². The number of anilines is 9. The molecule has 0 fully saturated rings. The average molecular weight is 1850 g/mol. The summed E-state index contributed by atoms with van der Waals surface area (Å²) in [5.41, 5.74) is 39.3. The van der Waals surface area contributed by atoms with Gasteiger partial charge in [0.1, 0.15) is 11.2 Å². The van der Waals surface area contributed by atoms with Gasteiger partial charge in [-0.1, -0.05) is 379 Å². The van der Waals surface area contributed by atoms with Gasteiger partial charge in [0, 0.05) is 86.2 Å². The molecule has 0 radical (unpaired) electrons. The van der Waals surface area contributed by atoms with Crippen LogP contribution in [-0.2, 0) is 21.7 Å².